The number of rotatable bonds is 6. The first kappa shape index (κ1) is 21.9. The number of aromatic nitrogens is 5. The van der Waals surface area contributed by atoms with Crippen molar-refractivity contribution in [1.29, 1.82) is 0 Å². The van der Waals surface area contributed by atoms with Gasteiger partial charge in [-0.1, -0.05) is 23.2 Å². The molecule has 4 rings (SSSR count). The molecule has 2 unspecified atom stereocenters. The van der Waals surface area contributed by atoms with E-state index in [0.717, 1.165) is 0 Å². The van der Waals surface area contributed by atoms with Crippen molar-refractivity contribution < 1.29 is 9.59 Å². The molecule has 2 aromatic carbocycles. The highest BCUT2D eigenvalue weighted by Crippen LogP contribution is 2.29. The Balaban J connectivity index is 1.80. The summed E-state index contributed by atoms with van der Waals surface area (Å²) >= 11 is 11.9. The fourth-order valence-electron chi connectivity index (χ4n) is 3.38. The van der Waals surface area contributed by atoms with Gasteiger partial charge in [-0.15, -0.1) is 10.2 Å². The lowest BCUT2D eigenvalue weighted by Gasteiger charge is -2.18. The van der Waals surface area contributed by atoms with E-state index in [1.54, 1.807) is 62.4 Å². The van der Waals surface area contributed by atoms with Crippen LogP contribution in [0.15, 0.2) is 48.5 Å². The predicted octanol–water partition coefficient (Wildman–Crippen LogP) is 4.38. The number of fused-ring (bicyclic) bond motifs is 1. The first-order valence-electron chi connectivity index (χ1n) is 9.74. The minimum Gasteiger partial charge on any atom is -0.366 e. The molecule has 32 heavy (non-hydrogen) atoms. The Morgan fingerprint density at radius 2 is 1.28 bits per heavy atom. The van der Waals surface area contributed by atoms with Crippen LogP contribution in [0.3, 0.4) is 0 Å². The molecule has 2 heterocycles. The number of Topliss-reactive ketones (excluding diaryl/α,β-unsaturated/α-hetero) is 2. The van der Waals surface area contributed by atoms with Gasteiger partial charge in [0.2, 0.25) is 5.95 Å². The summed E-state index contributed by atoms with van der Waals surface area (Å²) in [5, 5.41) is 13.2. The zero-order valence-corrected chi connectivity index (χ0v) is 18.7. The molecular formula is C22H18Cl2N6O2. The molecule has 2 atom stereocenters. The summed E-state index contributed by atoms with van der Waals surface area (Å²) in [6.45, 7) is 3.41. The van der Waals surface area contributed by atoms with Crippen molar-refractivity contribution in [2.24, 2.45) is 0 Å². The van der Waals surface area contributed by atoms with E-state index < -0.39 is 11.8 Å². The lowest BCUT2D eigenvalue weighted by Crippen LogP contribution is -2.21. The van der Waals surface area contributed by atoms with E-state index in [1.807, 2.05) is 0 Å². The second-order valence-corrected chi connectivity index (χ2v) is 8.21. The molecule has 0 radical (unpaired) electrons. The van der Waals surface area contributed by atoms with Gasteiger partial charge in [-0.25, -0.2) is 4.98 Å². The molecule has 2 aromatic heterocycles. The van der Waals surface area contributed by atoms with Crippen LogP contribution in [0.2, 0.25) is 10.0 Å². The monoisotopic (exact) mass is 468 g/mol. The topological polar surface area (TPSA) is 116 Å². The number of hydrogen-bond acceptors (Lipinski definition) is 7. The number of nitrogens with zero attached hydrogens (tertiary/aromatic N) is 5. The van der Waals surface area contributed by atoms with Crippen molar-refractivity contribution in [3.63, 3.8) is 0 Å². The molecule has 0 aliphatic heterocycles. The number of halogens is 2. The van der Waals surface area contributed by atoms with Crippen molar-refractivity contribution in [3.8, 4) is 0 Å². The maximum atomic E-state index is 13.2. The minimum absolute atomic E-state index is 0.0307. The maximum Gasteiger partial charge on any atom is 0.273 e. The van der Waals surface area contributed by atoms with Gasteiger partial charge in [-0.2, -0.15) is 9.61 Å². The summed E-state index contributed by atoms with van der Waals surface area (Å²) in [4.78, 5) is 30.9. The molecule has 0 aliphatic rings. The predicted molar refractivity (Wildman–Crippen MR) is 121 cm³/mol. The molecule has 0 bridgehead atoms. The Labute approximate surface area is 193 Å². The smallest absolute Gasteiger partial charge is 0.273 e. The molecule has 0 fully saturated rings. The van der Waals surface area contributed by atoms with Gasteiger partial charge in [0.1, 0.15) is 0 Å². The standard InChI is InChI=1S/C22H18Cl2N6O2/c1-11(19(31)13-3-7-15(23)8-4-13)17-18(29-30-21(25)27-28-22(30)26-17)12(2)20(32)14-5-9-16(24)10-6-14/h3-12H,1-2H3,(H2,25,27). The van der Waals surface area contributed by atoms with Crippen LogP contribution < -0.4 is 5.73 Å². The van der Waals surface area contributed by atoms with E-state index in [1.165, 1.54) is 4.52 Å². The summed E-state index contributed by atoms with van der Waals surface area (Å²) in [6.07, 6.45) is 0. The van der Waals surface area contributed by atoms with Crippen LogP contribution in [0.5, 0.6) is 0 Å². The molecule has 162 valence electrons. The SMILES string of the molecule is CC(C(=O)c1ccc(Cl)cc1)c1nc2nnc(N)n2nc1C(C)C(=O)c1ccc(Cl)cc1. The summed E-state index contributed by atoms with van der Waals surface area (Å²) in [5.41, 5.74) is 7.43. The van der Waals surface area contributed by atoms with Crippen molar-refractivity contribution in [1.82, 2.24) is 24.8 Å². The van der Waals surface area contributed by atoms with Crippen molar-refractivity contribution >= 4 is 46.5 Å². The highest BCUT2D eigenvalue weighted by atomic mass is 35.5. The fraction of sp³-hybridized carbons (Fsp3) is 0.182. The van der Waals surface area contributed by atoms with E-state index >= 15 is 0 Å². The summed E-state index contributed by atoms with van der Waals surface area (Å²) in [6, 6.07) is 13.1. The highest BCUT2D eigenvalue weighted by molar-refractivity contribution is 6.31. The summed E-state index contributed by atoms with van der Waals surface area (Å²) in [5.74, 6) is -1.65. The number of hydrogen-bond donors (Lipinski definition) is 1. The summed E-state index contributed by atoms with van der Waals surface area (Å²) in [7, 11) is 0. The van der Waals surface area contributed by atoms with E-state index in [0.29, 0.717) is 32.6 Å². The van der Waals surface area contributed by atoms with Crippen LogP contribution >= 0.6 is 23.2 Å². The number of ketones is 2. The fourth-order valence-corrected chi connectivity index (χ4v) is 3.63. The van der Waals surface area contributed by atoms with Gasteiger partial charge in [0.25, 0.3) is 5.78 Å². The van der Waals surface area contributed by atoms with E-state index in [-0.39, 0.29) is 23.3 Å². The lowest BCUT2D eigenvalue weighted by molar-refractivity contribution is 0.0946. The molecule has 0 saturated heterocycles. The molecule has 2 N–H and O–H groups in total. The van der Waals surface area contributed by atoms with Gasteiger partial charge in [-0.3, -0.25) is 9.59 Å². The number of anilines is 1. The third-order valence-corrected chi connectivity index (χ3v) is 5.71. The van der Waals surface area contributed by atoms with Gasteiger partial charge < -0.3 is 5.73 Å². The number of nitrogens with two attached hydrogens (primary N) is 1. The normalized spacial score (nSPS) is 13.1. The average Bonchev–Trinajstić information content (AvgIpc) is 3.17. The molecule has 0 saturated carbocycles. The Kier molecular flexibility index (Phi) is 5.90. The Morgan fingerprint density at radius 1 is 0.812 bits per heavy atom. The maximum absolute atomic E-state index is 13.2. The van der Waals surface area contributed by atoms with Crippen LogP contribution in [0.25, 0.3) is 5.78 Å². The van der Waals surface area contributed by atoms with E-state index in [9.17, 15) is 9.59 Å². The third-order valence-electron chi connectivity index (χ3n) is 5.20. The van der Waals surface area contributed by atoms with Crippen molar-refractivity contribution in [3.05, 3.63) is 81.1 Å². The van der Waals surface area contributed by atoms with Gasteiger partial charge in [0.05, 0.1) is 23.2 Å². The summed E-state index contributed by atoms with van der Waals surface area (Å²) < 4.78 is 1.25. The van der Waals surface area contributed by atoms with Gasteiger partial charge in [-0.05, 0) is 62.4 Å². The molecule has 0 spiro atoms. The molecule has 8 nitrogen and oxygen atoms in total. The first-order valence-corrected chi connectivity index (χ1v) is 10.5. The van der Waals surface area contributed by atoms with Crippen LogP contribution in [0, 0.1) is 0 Å². The number of benzene rings is 2. The third kappa shape index (κ3) is 4.06. The Hall–Kier alpha value is -3.36. The Bertz CT molecular complexity index is 1320. The van der Waals surface area contributed by atoms with Crippen LogP contribution in [-0.4, -0.2) is 36.4 Å². The zero-order chi connectivity index (χ0) is 23.0. The van der Waals surface area contributed by atoms with Crippen LogP contribution in [-0.2, 0) is 0 Å². The largest absolute Gasteiger partial charge is 0.366 e. The minimum atomic E-state index is -0.717. The molecule has 4 aromatic rings. The van der Waals surface area contributed by atoms with Crippen LogP contribution in [0.1, 0.15) is 57.8 Å². The zero-order valence-electron chi connectivity index (χ0n) is 17.2. The van der Waals surface area contributed by atoms with E-state index in [4.69, 9.17) is 28.9 Å². The lowest BCUT2D eigenvalue weighted by atomic mass is 9.89. The second kappa shape index (κ2) is 8.64. The van der Waals surface area contributed by atoms with Gasteiger partial charge in [0.15, 0.2) is 11.6 Å². The molecular weight excluding hydrogens is 451 g/mol. The Morgan fingerprint density at radius 3 is 1.78 bits per heavy atom. The van der Waals surface area contributed by atoms with Crippen LogP contribution in [0.4, 0.5) is 5.95 Å². The molecule has 10 heteroatoms. The van der Waals surface area contributed by atoms with Crippen molar-refractivity contribution in [2.45, 2.75) is 25.7 Å². The first-order chi connectivity index (χ1) is 15.3. The molecule has 0 aliphatic carbocycles. The number of carbonyl (C=O) groups is 2. The quantitative estimate of drug-likeness (QED) is 0.417. The number of nitrogen functional groups attached to an aromatic ring is 1. The highest BCUT2D eigenvalue weighted by Gasteiger charge is 2.30. The second-order valence-electron chi connectivity index (χ2n) is 7.34. The van der Waals surface area contributed by atoms with Gasteiger partial charge in [0, 0.05) is 21.2 Å². The van der Waals surface area contributed by atoms with E-state index in [2.05, 4.69) is 20.3 Å². The van der Waals surface area contributed by atoms with Crippen molar-refractivity contribution in [2.75, 3.05) is 5.73 Å². The average molecular weight is 469 g/mol. The van der Waals surface area contributed by atoms with Gasteiger partial charge >= 0.3 is 0 Å². The molecule has 0 amide bonds. The number of carbonyl (C=O) groups excluding carboxylic acids is 2.